The van der Waals surface area contributed by atoms with Crippen molar-refractivity contribution in [3.05, 3.63) is 59.1 Å². The van der Waals surface area contributed by atoms with Gasteiger partial charge >= 0.3 is 0 Å². The summed E-state index contributed by atoms with van der Waals surface area (Å²) in [5.74, 6) is -0.864. The fourth-order valence-corrected chi connectivity index (χ4v) is 1.79. The largest absolute Gasteiger partial charge is 0.491 e. The molecule has 0 fully saturated rings. The number of aliphatic hydroxyl groups excluding tert-OH is 1. The Labute approximate surface area is 126 Å². The van der Waals surface area contributed by atoms with E-state index >= 15 is 0 Å². The van der Waals surface area contributed by atoms with Crippen molar-refractivity contribution < 1.29 is 18.6 Å². The summed E-state index contributed by atoms with van der Waals surface area (Å²) in [5, 5.41) is 12.9. The number of para-hydroxylation sites is 1. The zero-order valence-corrected chi connectivity index (χ0v) is 11.8. The summed E-state index contributed by atoms with van der Waals surface area (Å²) in [5.41, 5.74) is -0.261. The molecule has 0 radical (unpaired) electrons. The van der Waals surface area contributed by atoms with Gasteiger partial charge in [-0.1, -0.05) is 17.7 Å². The highest BCUT2D eigenvalue weighted by Gasteiger charge is 2.11. The van der Waals surface area contributed by atoms with E-state index in [4.69, 9.17) is 16.3 Å². The summed E-state index contributed by atoms with van der Waals surface area (Å²) in [6.45, 7) is -0.0455. The molecule has 0 saturated carbocycles. The van der Waals surface area contributed by atoms with E-state index in [0.717, 1.165) is 12.1 Å². The molecule has 0 aliphatic rings. The minimum atomic E-state index is -0.917. The van der Waals surface area contributed by atoms with E-state index in [1.165, 1.54) is 6.07 Å². The quantitative estimate of drug-likeness (QED) is 0.858. The Morgan fingerprint density at radius 2 is 1.71 bits per heavy atom. The van der Waals surface area contributed by atoms with Crippen molar-refractivity contribution >= 4 is 17.3 Å². The van der Waals surface area contributed by atoms with E-state index in [0.29, 0.717) is 10.8 Å². The molecule has 2 rings (SSSR count). The predicted octanol–water partition coefficient (Wildman–Crippen LogP) is 3.47. The monoisotopic (exact) mass is 313 g/mol. The maximum atomic E-state index is 13.4. The first-order chi connectivity index (χ1) is 10.1. The average molecular weight is 314 g/mol. The van der Waals surface area contributed by atoms with Crippen LogP contribution in [0.25, 0.3) is 0 Å². The molecule has 0 spiro atoms. The van der Waals surface area contributed by atoms with Crippen LogP contribution in [0.3, 0.4) is 0 Å². The number of hydrogen-bond donors (Lipinski definition) is 2. The van der Waals surface area contributed by atoms with E-state index in [9.17, 15) is 13.9 Å². The fourth-order valence-electron chi connectivity index (χ4n) is 1.67. The standard InChI is InChI=1S/C15H14ClF2NO2/c16-10-4-6-12(7-5-10)21-9-11(20)8-19-15-13(17)2-1-3-14(15)18/h1-7,11,19-20H,8-9H2. The number of halogens is 3. The second-order valence-corrected chi connectivity index (χ2v) is 4.83. The first-order valence-corrected chi connectivity index (χ1v) is 6.68. The predicted molar refractivity (Wildman–Crippen MR) is 77.8 cm³/mol. The Balaban J connectivity index is 1.82. The number of anilines is 1. The first kappa shape index (κ1) is 15.5. The van der Waals surface area contributed by atoms with Crippen molar-refractivity contribution in [2.75, 3.05) is 18.5 Å². The molecule has 2 aromatic rings. The topological polar surface area (TPSA) is 41.5 Å². The Bertz CT molecular complexity index is 572. The van der Waals surface area contributed by atoms with E-state index < -0.39 is 17.7 Å². The number of ether oxygens (including phenoxy) is 1. The van der Waals surface area contributed by atoms with E-state index in [1.807, 2.05) is 0 Å². The molecule has 0 amide bonds. The molecule has 21 heavy (non-hydrogen) atoms. The Kier molecular flexibility index (Phi) is 5.36. The number of nitrogens with one attached hydrogen (secondary N) is 1. The van der Waals surface area contributed by atoms with Gasteiger partial charge in [-0.05, 0) is 36.4 Å². The van der Waals surface area contributed by atoms with Gasteiger partial charge in [0.2, 0.25) is 0 Å². The lowest BCUT2D eigenvalue weighted by Gasteiger charge is -2.14. The molecule has 112 valence electrons. The van der Waals surface area contributed by atoms with E-state index in [2.05, 4.69) is 5.32 Å². The summed E-state index contributed by atoms with van der Waals surface area (Å²) in [6, 6.07) is 10.2. The van der Waals surface area contributed by atoms with Crippen LogP contribution in [0.5, 0.6) is 5.75 Å². The minimum absolute atomic E-state index is 0.00922. The van der Waals surface area contributed by atoms with E-state index in [-0.39, 0.29) is 18.8 Å². The second kappa shape index (κ2) is 7.24. The van der Waals surface area contributed by atoms with Gasteiger partial charge in [0.15, 0.2) is 0 Å². The van der Waals surface area contributed by atoms with Crippen molar-refractivity contribution in [3.8, 4) is 5.75 Å². The normalized spacial score (nSPS) is 12.0. The van der Waals surface area contributed by atoms with Crippen molar-refractivity contribution in [2.24, 2.45) is 0 Å². The van der Waals surface area contributed by atoms with Crippen LogP contribution in [0.4, 0.5) is 14.5 Å². The molecular weight excluding hydrogens is 300 g/mol. The van der Waals surface area contributed by atoms with Gasteiger partial charge in [-0.25, -0.2) is 8.78 Å². The third kappa shape index (κ3) is 4.58. The Morgan fingerprint density at radius 3 is 2.33 bits per heavy atom. The number of rotatable bonds is 6. The fraction of sp³-hybridized carbons (Fsp3) is 0.200. The Hall–Kier alpha value is -1.85. The van der Waals surface area contributed by atoms with Crippen LogP contribution in [0.2, 0.25) is 5.02 Å². The van der Waals surface area contributed by atoms with Gasteiger partial charge in [-0.2, -0.15) is 0 Å². The summed E-state index contributed by atoms with van der Waals surface area (Å²) in [4.78, 5) is 0. The van der Waals surface area contributed by atoms with Gasteiger partial charge in [-0.15, -0.1) is 0 Å². The van der Waals surface area contributed by atoms with Crippen LogP contribution in [-0.2, 0) is 0 Å². The van der Waals surface area contributed by atoms with Gasteiger partial charge in [0, 0.05) is 11.6 Å². The molecule has 0 aromatic heterocycles. The maximum absolute atomic E-state index is 13.4. The summed E-state index contributed by atoms with van der Waals surface area (Å²) >= 11 is 5.74. The van der Waals surface area contributed by atoms with Crippen LogP contribution in [0, 0.1) is 11.6 Å². The maximum Gasteiger partial charge on any atom is 0.149 e. The van der Waals surface area contributed by atoms with Crippen LogP contribution >= 0.6 is 11.6 Å². The molecule has 1 unspecified atom stereocenters. The lowest BCUT2D eigenvalue weighted by Crippen LogP contribution is -2.27. The summed E-state index contributed by atoms with van der Waals surface area (Å²) in [7, 11) is 0. The highest BCUT2D eigenvalue weighted by molar-refractivity contribution is 6.30. The third-order valence-corrected chi connectivity index (χ3v) is 2.99. The third-order valence-electron chi connectivity index (χ3n) is 2.73. The lowest BCUT2D eigenvalue weighted by atomic mass is 10.2. The van der Waals surface area contributed by atoms with Crippen molar-refractivity contribution in [2.45, 2.75) is 6.10 Å². The lowest BCUT2D eigenvalue weighted by molar-refractivity contribution is 0.117. The average Bonchev–Trinajstić information content (AvgIpc) is 2.46. The molecule has 1 atom stereocenters. The minimum Gasteiger partial charge on any atom is -0.491 e. The second-order valence-electron chi connectivity index (χ2n) is 4.40. The summed E-state index contributed by atoms with van der Waals surface area (Å²) < 4.78 is 32.1. The van der Waals surface area contributed by atoms with Crippen LogP contribution in [0.15, 0.2) is 42.5 Å². The van der Waals surface area contributed by atoms with Gasteiger partial charge in [0.1, 0.15) is 35.8 Å². The van der Waals surface area contributed by atoms with Crippen LogP contribution in [-0.4, -0.2) is 24.4 Å². The van der Waals surface area contributed by atoms with Crippen molar-refractivity contribution in [1.82, 2.24) is 0 Å². The van der Waals surface area contributed by atoms with E-state index in [1.54, 1.807) is 24.3 Å². The van der Waals surface area contributed by atoms with Gasteiger partial charge in [-0.3, -0.25) is 0 Å². The van der Waals surface area contributed by atoms with Gasteiger partial charge in [0.25, 0.3) is 0 Å². The zero-order chi connectivity index (χ0) is 15.2. The molecular formula is C15H14ClF2NO2. The van der Waals surface area contributed by atoms with Crippen LogP contribution in [0.1, 0.15) is 0 Å². The number of hydrogen-bond acceptors (Lipinski definition) is 3. The molecule has 0 aliphatic heterocycles. The Morgan fingerprint density at radius 1 is 1.10 bits per heavy atom. The van der Waals surface area contributed by atoms with Gasteiger partial charge in [0.05, 0.1) is 0 Å². The molecule has 0 aliphatic carbocycles. The zero-order valence-electron chi connectivity index (χ0n) is 11.0. The molecule has 0 bridgehead atoms. The van der Waals surface area contributed by atoms with Crippen molar-refractivity contribution in [1.29, 1.82) is 0 Å². The number of aliphatic hydroxyl groups is 1. The summed E-state index contributed by atoms with van der Waals surface area (Å²) in [6.07, 6.45) is -0.917. The smallest absolute Gasteiger partial charge is 0.149 e. The molecule has 0 saturated heterocycles. The molecule has 2 aromatic carbocycles. The SMILES string of the molecule is OC(CNc1c(F)cccc1F)COc1ccc(Cl)cc1. The number of benzene rings is 2. The molecule has 3 nitrogen and oxygen atoms in total. The van der Waals surface area contributed by atoms with Crippen LogP contribution < -0.4 is 10.1 Å². The first-order valence-electron chi connectivity index (χ1n) is 6.30. The molecule has 6 heteroatoms. The molecule has 0 heterocycles. The van der Waals surface area contributed by atoms with Crippen molar-refractivity contribution in [3.63, 3.8) is 0 Å². The highest BCUT2D eigenvalue weighted by Crippen LogP contribution is 2.18. The molecule has 2 N–H and O–H groups in total. The highest BCUT2D eigenvalue weighted by atomic mass is 35.5. The van der Waals surface area contributed by atoms with Gasteiger partial charge < -0.3 is 15.2 Å².